The van der Waals surface area contributed by atoms with Crippen molar-refractivity contribution < 1.29 is 0 Å². The number of halogens is 1. The third kappa shape index (κ3) is 5.70. The Hall–Kier alpha value is -0.300. The Kier molecular flexibility index (Phi) is 3.71. The molecule has 0 unspecified atom stereocenters. The highest BCUT2D eigenvalue weighted by Gasteiger charge is 1.73. The molecule has 7 heavy (non-hydrogen) atoms. The van der Waals surface area contributed by atoms with Crippen molar-refractivity contribution in [1.29, 1.82) is 0 Å². The number of nitrogens with zero attached hydrogens (tertiary/aromatic N) is 1. The average molecular weight is 118 g/mol. The van der Waals surface area contributed by atoms with Crippen LogP contribution < -0.4 is 0 Å². The summed E-state index contributed by atoms with van der Waals surface area (Å²) in [7, 11) is 0. The summed E-state index contributed by atoms with van der Waals surface area (Å²) >= 11 is 5.36. The molecule has 0 aliphatic heterocycles. The SMILES string of the molecule is C=CCN=C(C)Cl. The van der Waals surface area contributed by atoms with E-state index in [1.54, 1.807) is 13.0 Å². The molecule has 0 aliphatic rings. The van der Waals surface area contributed by atoms with E-state index < -0.39 is 0 Å². The molecule has 0 rings (SSSR count). The van der Waals surface area contributed by atoms with Gasteiger partial charge in [-0.05, 0) is 6.92 Å². The Morgan fingerprint density at radius 1 is 2.00 bits per heavy atom. The molecule has 0 amide bonds. The van der Waals surface area contributed by atoms with Crippen molar-refractivity contribution in [3.63, 3.8) is 0 Å². The Labute approximate surface area is 48.7 Å². The number of hydrogen-bond acceptors (Lipinski definition) is 1. The van der Waals surface area contributed by atoms with Gasteiger partial charge >= 0.3 is 0 Å². The van der Waals surface area contributed by atoms with E-state index in [-0.39, 0.29) is 0 Å². The normalized spacial score (nSPS) is 11.4. The van der Waals surface area contributed by atoms with Gasteiger partial charge < -0.3 is 0 Å². The lowest BCUT2D eigenvalue weighted by Gasteiger charge is -1.80. The molecule has 40 valence electrons. The van der Waals surface area contributed by atoms with E-state index in [1.165, 1.54) is 0 Å². The van der Waals surface area contributed by atoms with Crippen molar-refractivity contribution >= 4 is 16.8 Å². The maximum absolute atomic E-state index is 5.36. The van der Waals surface area contributed by atoms with E-state index in [2.05, 4.69) is 11.6 Å². The lowest BCUT2D eigenvalue weighted by Crippen LogP contribution is -1.76. The van der Waals surface area contributed by atoms with Gasteiger partial charge in [-0.3, -0.25) is 4.99 Å². The summed E-state index contributed by atoms with van der Waals surface area (Å²) in [4.78, 5) is 3.81. The van der Waals surface area contributed by atoms with Gasteiger partial charge in [0.2, 0.25) is 0 Å². The second-order valence-electron chi connectivity index (χ2n) is 1.13. The molecule has 0 saturated carbocycles. The van der Waals surface area contributed by atoms with Crippen LogP contribution in [0, 0.1) is 0 Å². The minimum Gasteiger partial charge on any atom is -0.274 e. The minimum atomic E-state index is 0.583. The highest BCUT2D eigenvalue weighted by molar-refractivity contribution is 6.64. The summed E-state index contributed by atoms with van der Waals surface area (Å²) in [5, 5.41) is 0.583. The van der Waals surface area contributed by atoms with Crippen LogP contribution in [0.5, 0.6) is 0 Å². The van der Waals surface area contributed by atoms with Crippen LogP contribution in [0.3, 0.4) is 0 Å². The van der Waals surface area contributed by atoms with Crippen molar-refractivity contribution in [3.05, 3.63) is 12.7 Å². The molecule has 0 radical (unpaired) electrons. The van der Waals surface area contributed by atoms with Crippen LogP contribution in [0.4, 0.5) is 0 Å². The fourth-order valence-corrected chi connectivity index (χ4v) is 0.259. The summed E-state index contributed by atoms with van der Waals surface area (Å²) in [6, 6.07) is 0. The maximum atomic E-state index is 5.36. The van der Waals surface area contributed by atoms with E-state index in [0.29, 0.717) is 11.7 Å². The molecule has 1 nitrogen and oxygen atoms in total. The van der Waals surface area contributed by atoms with E-state index in [9.17, 15) is 0 Å². The number of aliphatic imine (C=N–C) groups is 1. The van der Waals surface area contributed by atoms with Gasteiger partial charge in [0, 0.05) is 0 Å². The standard InChI is InChI=1S/C5H8ClN/c1-3-4-7-5(2)6/h3H,1,4H2,2H3. The fourth-order valence-electron chi connectivity index (χ4n) is 0.190. The summed E-state index contributed by atoms with van der Waals surface area (Å²) in [6.07, 6.45) is 1.70. The third-order valence-corrected chi connectivity index (χ3v) is 0.558. The first-order chi connectivity index (χ1) is 3.27. The first-order valence-electron chi connectivity index (χ1n) is 2.05. The van der Waals surface area contributed by atoms with Crippen molar-refractivity contribution in [2.24, 2.45) is 4.99 Å². The predicted octanol–water partition coefficient (Wildman–Crippen LogP) is 1.83. The molecule has 0 aromatic heterocycles. The van der Waals surface area contributed by atoms with Gasteiger partial charge in [0.15, 0.2) is 0 Å². The van der Waals surface area contributed by atoms with Gasteiger partial charge in [-0.2, -0.15) is 0 Å². The zero-order valence-electron chi connectivity index (χ0n) is 4.32. The first kappa shape index (κ1) is 6.70. The van der Waals surface area contributed by atoms with Crippen LogP contribution in [0.25, 0.3) is 0 Å². The van der Waals surface area contributed by atoms with E-state index in [1.807, 2.05) is 0 Å². The molecule has 0 bridgehead atoms. The van der Waals surface area contributed by atoms with Gasteiger partial charge in [-0.25, -0.2) is 0 Å². The van der Waals surface area contributed by atoms with Gasteiger partial charge in [0.05, 0.1) is 11.7 Å². The van der Waals surface area contributed by atoms with Crippen molar-refractivity contribution in [2.75, 3.05) is 6.54 Å². The first-order valence-corrected chi connectivity index (χ1v) is 2.42. The topological polar surface area (TPSA) is 12.4 Å². The molecule has 0 saturated heterocycles. The molecule has 0 atom stereocenters. The summed E-state index contributed by atoms with van der Waals surface area (Å²) < 4.78 is 0. The van der Waals surface area contributed by atoms with E-state index in [0.717, 1.165) is 0 Å². The van der Waals surface area contributed by atoms with Gasteiger partial charge in [0.25, 0.3) is 0 Å². The molecule has 0 aromatic rings. The number of rotatable bonds is 2. The van der Waals surface area contributed by atoms with Crippen LogP contribution in [-0.4, -0.2) is 11.7 Å². The largest absolute Gasteiger partial charge is 0.274 e. The summed E-state index contributed by atoms with van der Waals surface area (Å²) in [5.41, 5.74) is 0. The Morgan fingerprint density at radius 3 is 2.71 bits per heavy atom. The molecule has 0 N–H and O–H groups in total. The van der Waals surface area contributed by atoms with Crippen LogP contribution in [0.15, 0.2) is 17.6 Å². The quantitative estimate of drug-likeness (QED) is 0.387. The molecule has 2 heteroatoms. The second-order valence-corrected chi connectivity index (χ2v) is 1.67. The zero-order valence-corrected chi connectivity index (χ0v) is 5.07. The Morgan fingerprint density at radius 2 is 2.57 bits per heavy atom. The molecular weight excluding hydrogens is 110 g/mol. The smallest absolute Gasteiger partial charge is 0.0975 e. The van der Waals surface area contributed by atoms with Gasteiger partial charge in [0.1, 0.15) is 0 Å². The molecule has 0 heterocycles. The highest BCUT2D eigenvalue weighted by Crippen LogP contribution is 1.81. The highest BCUT2D eigenvalue weighted by atomic mass is 35.5. The van der Waals surface area contributed by atoms with E-state index >= 15 is 0 Å². The summed E-state index contributed by atoms with van der Waals surface area (Å²) in [5.74, 6) is 0. The van der Waals surface area contributed by atoms with Gasteiger partial charge in [-0.15, -0.1) is 6.58 Å². The van der Waals surface area contributed by atoms with Crippen molar-refractivity contribution in [2.45, 2.75) is 6.92 Å². The van der Waals surface area contributed by atoms with E-state index in [4.69, 9.17) is 11.6 Å². The fraction of sp³-hybridized carbons (Fsp3) is 0.400. The second kappa shape index (κ2) is 3.88. The van der Waals surface area contributed by atoms with Gasteiger partial charge in [-0.1, -0.05) is 17.7 Å². The zero-order chi connectivity index (χ0) is 5.70. The molecule has 0 fully saturated rings. The van der Waals surface area contributed by atoms with Crippen molar-refractivity contribution in [3.8, 4) is 0 Å². The lowest BCUT2D eigenvalue weighted by atomic mass is 10.6. The van der Waals surface area contributed by atoms with Crippen LogP contribution in [0.1, 0.15) is 6.92 Å². The predicted molar refractivity (Wildman–Crippen MR) is 34.0 cm³/mol. The Balaban J connectivity index is 3.25. The molecule has 0 aromatic carbocycles. The molecule has 0 aliphatic carbocycles. The summed E-state index contributed by atoms with van der Waals surface area (Å²) in [6.45, 7) is 5.83. The number of hydrogen-bond donors (Lipinski definition) is 0. The van der Waals surface area contributed by atoms with Crippen molar-refractivity contribution in [1.82, 2.24) is 0 Å². The maximum Gasteiger partial charge on any atom is 0.0975 e. The molecule has 0 spiro atoms. The third-order valence-electron chi connectivity index (χ3n) is 0.438. The lowest BCUT2D eigenvalue weighted by molar-refractivity contribution is 1.25. The molecular formula is C5H8ClN. The van der Waals surface area contributed by atoms with Crippen LogP contribution >= 0.6 is 11.6 Å². The minimum absolute atomic E-state index is 0.583. The monoisotopic (exact) mass is 117 g/mol. The average Bonchev–Trinajstić information content (AvgIpc) is 1.61. The Bertz CT molecular complexity index is 82.1. The van der Waals surface area contributed by atoms with Crippen LogP contribution in [0.2, 0.25) is 0 Å². The van der Waals surface area contributed by atoms with Crippen LogP contribution in [-0.2, 0) is 0 Å².